The van der Waals surface area contributed by atoms with E-state index >= 15 is 0 Å². The molecule has 0 N–H and O–H groups in total. The summed E-state index contributed by atoms with van der Waals surface area (Å²) in [6.07, 6.45) is 0.572. The third kappa shape index (κ3) is 2.79. The summed E-state index contributed by atoms with van der Waals surface area (Å²) in [6.45, 7) is 0. The van der Waals surface area contributed by atoms with Crippen LogP contribution >= 0.6 is 0 Å². The zero-order chi connectivity index (χ0) is 20.6. The molecule has 3 aromatic carbocycles. The topological polar surface area (TPSA) is 55.7 Å². The molecule has 3 aromatic rings. The number of Topliss-reactive ketones (excluding diaryl/α,β-unsaturated/α-hetero) is 1. The maximum absolute atomic E-state index is 13.6. The maximum Gasteiger partial charge on any atom is 0.348 e. The van der Waals surface area contributed by atoms with Gasteiger partial charge in [0.05, 0.1) is 0 Å². The Morgan fingerprint density at radius 1 is 0.700 bits per heavy atom. The zero-order valence-electron chi connectivity index (χ0n) is 16.4. The van der Waals surface area contributed by atoms with Gasteiger partial charge in [-0.05, 0) is 11.1 Å². The fraction of sp³-hybridized carbons (Fsp3) is 0.192. The predicted octanol–water partition coefficient (Wildman–Crippen LogP) is 4.86. The first-order valence-corrected chi connectivity index (χ1v) is 10.2. The van der Waals surface area contributed by atoms with E-state index in [0.29, 0.717) is 5.71 Å². The lowest BCUT2D eigenvalue weighted by Crippen LogP contribution is -2.50. The summed E-state index contributed by atoms with van der Waals surface area (Å²) in [5, 5.41) is 4.30. The number of hydrogen-bond acceptors (Lipinski definition) is 4. The molecule has 0 bridgehead atoms. The summed E-state index contributed by atoms with van der Waals surface area (Å²) in [4.78, 5) is 31.9. The van der Waals surface area contributed by atoms with Gasteiger partial charge in [-0.2, -0.15) is 0 Å². The molecule has 1 heterocycles. The molecule has 2 aliphatic rings. The number of carbonyl (C=O) groups is 2. The van der Waals surface area contributed by atoms with E-state index < -0.39 is 5.41 Å². The normalized spacial score (nSPS) is 25.8. The molecule has 4 heteroatoms. The van der Waals surface area contributed by atoms with Crippen LogP contribution in [0.2, 0.25) is 0 Å². The summed E-state index contributed by atoms with van der Waals surface area (Å²) in [6, 6.07) is 29.3. The number of rotatable bonds is 3. The van der Waals surface area contributed by atoms with Gasteiger partial charge < -0.3 is 4.84 Å². The minimum Gasteiger partial charge on any atom is -0.317 e. The van der Waals surface area contributed by atoms with E-state index in [1.807, 2.05) is 91.0 Å². The van der Waals surface area contributed by atoms with Crippen molar-refractivity contribution < 1.29 is 14.4 Å². The lowest BCUT2D eigenvalue weighted by Gasteiger charge is -2.44. The molecule has 30 heavy (non-hydrogen) atoms. The lowest BCUT2D eigenvalue weighted by atomic mass is 9.53. The number of ketones is 1. The van der Waals surface area contributed by atoms with Crippen molar-refractivity contribution in [2.75, 3.05) is 0 Å². The Morgan fingerprint density at radius 2 is 1.17 bits per heavy atom. The molecule has 4 nitrogen and oxygen atoms in total. The summed E-state index contributed by atoms with van der Waals surface area (Å²) in [5.74, 6) is -0.926. The van der Waals surface area contributed by atoms with Crippen LogP contribution < -0.4 is 0 Å². The average molecular weight is 395 g/mol. The Labute approximate surface area is 175 Å². The second-order valence-electron chi connectivity index (χ2n) is 7.93. The third-order valence-corrected chi connectivity index (χ3v) is 6.36. The molecule has 148 valence electrons. The molecule has 1 unspecified atom stereocenters. The van der Waals surface area contributed by atoms with Crippen molar-refractivity contribution in [1.29, 1.82) is 0 Å². The minimum absolute atomic E-state index is 0.149. The highest BCUT2D eigenvalue weighted by molar-refractivity contribution is 6.20. The Morgan fingerprint density at radius 3 is 1.67 bits per heavy atom. The van der Waals surface area contributed by atoms with Crippen LogP contribution in [0.3, 0.4) is 0 Å². The Hall–Kier alpha value is -3.53. The Kier molecular flexibility index (Phi) is 4.55. The molecule has 1 fully saturated rings. The van der Waals surface area contributed by atoms with Crippen LogP contribution in [0, 0.1) is 5.41 Å². The monoisotopic (exact) mass is 395 g/mol. The van der Waals surface area contributed by atoms with E-state index in [-0.39, 0.29) is 36.4 Å². The molecule has 0 aromatic heterocycles. The van der Waals surface area contributed by atoms with Crippen molar-refractivity contribution in [1.82, 2.24) is 0 Å². The van der Waals surface area contributed by atoms with Crippen LogP contribution in [-0.2, 0) is 14.4 Å². The van der Waals surface area contributed by atoms with Crippen molar-refractivity contribution in [3.05, 3.63) is 108 Å². The van der Waals surface area contributed by atoms with Gasteiger partial charge in [0, 0.05) is 30.2 Å². The van der Waals surface area contributed by atoms with Crippen LogP contribution in [0.5, 0.6) is 0 Å². The number of carbonyl (C=O) groups excluding carboxylic acids is 2. The molecular weight excluding hydrogens is 374 g/mol. The summed E-state index contributed by atoms with van der Waals surface area (Å²) in [7, 11) is 0. The van der Waals surface area contributed by atoms with Gasteiger partial charge >= 0.3 is 5.97 Å². The number of oxime groups is 1. The van der Waals surface area contributed by atoms with Gasteiger partial charge in [0.15, 0.2) is 0 Å². The van der Waals surface area contributed by atoms with Crippen LogP contribution in [0.1, 0.15) is 41.4 Å². The largest absolute Gasteiger partial charge is 0.348 e. The summed E-state index contributed by atoms with van der Waals surface area (Å²) in [5.41, 5.74) is 2.31. The van der Waals surface area contributed by atoms with Crippen LogP contribution in [0.15, 0.2) is 96.2 Å². The van der Waals surface area contributed by atoms with E-state index in [0.717, 1.165) is 16.7 Å². The van der Waals surface area contributed by atoms with Gasteiger partial charge in [-0.15, -0.1) is 0 Å². The number of benzene rings is 3. The molecular formula is C26H21NO3. The predicted molar refractivity (Wildman–Crippen MR) is 114 cm³/mol. The van der Waals surface area contributed by atoms with Crippen molar-refractivity contribution in [2.45, 2.75) is 24.7 Å². The maximum atomic E-state index is 13.6. The Bertz CT molecular complexity index is 1060. The molecule has 0 saturated heterocycles. The second kappa shape index (κ2) is 7.38. The molecule has 0 amide bonds. The molecule has 1 aliphatic carbocycles. The zero-order valence-corrected chi connectivity index (χ0v) is 16.4. The average Bonchev–Trinajstić information content (AvgIpc) is 3.14. The smallest absolute Gasteiger partial charge is 0.317 e. The Balaban J connectivity index is 1.78. The van der Waals surface area contributed by atoms with E-state index in [4.69, 9.17) is 4.84 Å². The molecule has 1 spiro atoms. The highest BCUT2D eigenvalue weighted by atomic mass is 16.7. The van der Waals surface area contributed by atoms with Crippen LogP contribution in [0.4, 0.5) is 0 Å². The van der Waals surface area contributed by atoms with Crippen molar-refractivity contribution in [2.24, 2.45) is 10.6 Å². The number of nitrogens with zero attached hydrogens (tertiary/aromatic N) is 1. The van der Waals surface area contributed by atoms with Crippen LogP contribution in [-0.4, -0.2) is 17.5 Å². The first-order valence-electron chi connectivity index (χ1n) is 10.2. The minimum atomic E-state index is -1.06. The van der Waals surface area contributed by atoms with Gasteiger partial charge in [0.1, 0.15) is 16.9 Å². The highest BCUT2D eigenvalue weighted by Gasteiger charge is 2.63. The van der Waals surface area contributed by atoms with Crippen molar-refractivity contribution >= 4 is 17.5 Å². The van der Waals surface area contributed by atoms with Crippen molar-refractivity contribution in [3.63, 3.8) is 0 Å². The van der Waals surface area contributed by atoms with Gasteiger partial charge in [-0.25, -0.2) is 4.79 Å². The van der Waals surface area contributed by atoms with Gasteiger partial charge in [0.2, 0.25) is 0 Å². The summed E-state index contributed by atoms with van der Waals surface area (Å²) < 4.78 is 0. The quantitative estimate of drug-likeness (QED) is 0.595. The third-order valence-electron chi connectivity index (χ3n) is 6.36. The first-order chi connectivity index (χ1) is 14.7. The summed E-state index contributed by atoms with van der Waals surface area (Å²) >= 11 is 0. The van der Waals surface area contributed by atoms with E-state index in [1.165, 1.54) is 0 Å². The number of hydrogen-bond donors (Lipinski definition) is 0. The van der Waals surface area contributed by atoms with Gasteiger partial charge in [-0.3, -0.25) is 4.79 Å². The molecule has 1 aliphatic heterocycles. The first kappa shape index (κ1) is 18.5. The molecule has 1 saturated carbocycles. The molecule has 0 radical (unpaired) electrons. The SMILES string of the molecule is O=C1C[C@H](c2ccccc2)C2(C(=O)ON=C2c2ccccc2)[C@H](c2ccccc2)C1. The van der Waals surface area contributed by atoms with Gasteiger partial charge in [0.25, 0.3) is 0 Å². The standard InChI is InChI=1S/C26H21NO3/c28-21-16-22(18-10-4-1-5-11-18)26(23(17-21)19-12-6-2-7-13-19)24(27-30-25(26)29)20-14-8-3-9-15-20/h1-15,22-23H,16-17H2/t22-,23+,26?. The van der Waals surface area contributed by atoms with E-state index in [1.54, 1.807) is 0 Å². The van der Waals surface area contributed by atoms with Crippen LogP contribution in [0.25, 0.3) is 0 Å². The highest BCUT2D eigenvalue weighted by Crippen LogP contribution is 2.58. The van der Waals surface area contributed by atoms with Gasteiger partial charge in [-0.1, -0.05) is 96.2 Å². The lowest BCUT2D eigenvalue weighted by molar-refractivity contribution is -0.152. The fourth-order valence-electron chi connectivity index (χ4n) is 5.07. The molecule has 5 rings (SSSR count). The fourth-order valence-corrected chi connectivity index (χ4v) is 5.07. The van der Waals surface area contributed by atoms with E-state index in [2.05, 4.69) is 5.16 Å². The van der Waals surface area contributed by atoms with Crippen molar-refractivity contribution in [3.8, 4) is 0 Å². The second-order valence-corrected chi connectivity index (χ2v) is 7.93. The van der Waals surface area contributed by atoms with E-state index in [9.17, 15) is 9.59 Å². The molecule has 3 atom stereocenters.